The van der Waals surface area contributed by atoms with E-state index < -0.39 is 63.0 Å². The predicted octanol–water partition coefficient (Wildman–Crippen LogP) is 5.75. The molecule has 2 aromatic rings. The summed E-state index contributed by atoms with van der Waals surface area (Å²) in [5, 5.41) is 13.5. The molecule has 4 rings (SSSR count). The number of nitrogens with zero attached hydrogens (tertiary/aromatic N) is 1. The zero-order valence-electron chi connectivity index (χ0n) is 19.4. The van der Waals surface area contributed by atoms with E-state index in [0.717, 1.165) is 12.1 Å². The molecule has 1 heterocycles. The van der Waals surface area contributed by atoms with E-state index >= 15 is 0 Å². The van der Waals surface area contributed by atoms with Gasteiger partial charge < -0.3 is 14.7 Å². The second kappa shape index (κ2) is 9.73. The molecule has 0 spiro atoms. The van der Waals surface area contributed by atoms with Crippen molar-refractivity contribution in [2.45, 2.75) is 38.0 Å². The fraction of sp³-hybridized carbons (Fsp3) is 0.333. The molecule has 2 N–H and O–H groups in total. The number of halogens is 6. The molecule has 1 unspecified atom stereocenters. The molecule has 38 heavy (non-hydrogen) atoms. The van der Waals surface area contributed by atoms with Crippen LogP contribution in [-0.2, 0) is 20.0 Å². The van der Waals surface area contributed by atoms with Crippen molar-refractivity contribution in [1.29, 1.82) is 0 Å². The van der Waals surface area contributed by atoms with Crippen LogP contribution in [0.25, 0.3) is 0 Å². The van der Waals surface area contributed by atoms with E-state index in [9.17, 15) is 31.9 Å². The molecular formula is C24H18Cl2F4N2O6. The number of ether oxygens (including phenoxy) is 1. The van der Waals surface area contributed by atoms with Crippen LogP contribution in [0.2, 0.25) is 10.0 Å². The van der Waals surface area contributed by atoms with Gasteiger partial charge in [0, 0.05) is 17.5 Å². The fourth-order valence-corrected chi connectivity index (χ4v) is 4.40. The Bertz CT molecular complexity index is 1350. The lowest BCUT2D eigenvalue weighted by Crippen LogP contribution is -2.42. The Kier molecular flexibility index (Phi) is 7.08. The molecular weight excluding hydrogens is 559 g/mol. The van der Waals surface area contributed by atoms with Crippen LogP contribution in [0.1, 0.15) is 46.3 Å². The number of alkyl carbamates (subject to hydrolysis) is 1. The van der Waals surface area contributed by atoms with Gasteiger partial charge in [-0.2, -0.15) is 13.2 Å². The number of hydrogen-bond donors (Lipinski definition) is 2. The third-order valence-corrected chi connectivity index (χ3v) is 6.99. The van der Waals surface area contributed by atoms with Crippen molar-refractivity contribution >= 4 is 46.9 Å². The Morgan fingerprint density at radius 3 is 2.32 bits per heavy atom. The highest BCUT2D eigenvalue weighted by molar-refractivity contribution is 6.35. The molecule has 0 radical (unpaired) electrons. The highest BCUT2D eigenvalue weighted by Gasteiger charge is 2.62. The van der Waals surface area contributed by atoms with E-state index in [1.807, 2.05) is 5.32 Å². The molecule has 1 fully saturated rings. The largest absolute Gasteiger partial charge is 0.481 e. The number of hydrogen-bond acceptors (Lipinski definition) is 6. The highest BCUT2D eigenvalue weighted by atomic mass is 35.5. The first-order valence-corrected chi connectivity index (χ1v) is 11.7. The van der Waals surface area contributed by atoms with Gasteiger partial charge in [0.1, 0.15) is 12.0 Å². The lowest BCUT2D eigenvalue weighted by Gasteiger charge is -2.29. The Labute approximate surface area is 222 Å². The number of oxime groups is 1. The summed E-state index contributed by atoms with van der Waals surface area (Å²) in [4.78, 5) is 40.5. The first-order valence-electron chi connectivity index (χ1n) is 11.0. The Balaban J connectivity index is 1.49. The SMILES string of the molecule is Cc1cc(C2=NOC(c3cc(Cl)c(F)c(Cl)c3)(C(F)(F)F)C2)ccc1C(=O)NC(=O)OCC1(C(=O)O)CC1. The molecule has 1 aliphatic carbocycles. The van der Waals surface area contributed by atoms with Crippen LogP contribution >= 0.6 is 23.2 Å². The molecule has 2 aliphatic rings. The van der Waals surface area contributed by atoms with Gasteiger partial charge in [0.25, 0.3) is 11.5 Å². The Hall–Kier alpha value is -3.38. The van der Waals surface area contributed by atoms with Gasteiger partial charge in [-0.15, -0.1) is 0 Å². The van der Waals surface area contributed by atoms with Crippen molar-refractivity contribution in [3.8, 4) is 0 Å². The standard InChI is InChI=1S/C24H18Cl2F4N2O6/c1-11-6-12(2-3-14(11)19(33)31-21(36)37-10-22(4-5-22)20(34)35)17-9-23(38-32-17,24(28,29)30)13-7-15(25)18(27)16(26)8-13/h2-3,6-8H,4-5,9-10H2,1H3,(H,34,35)(H,31,33,36). The summed E-state index contributed by atoms with van der Waals surface area (Å²) in [7, 11) is 0. The first-order chi connectivity index (χ1) is 17.7. The average molecular weight is 577 g/mol. The topological polar surface area (TPSA) is 114 Å². The normalized spacial score (nSPS) is 19.8. The van der Waals surface area contributed by atoms with Crippen molar-refractivity contribution in [3.05, 3.63) is 68.4 Å². The predicted molar refractivity (Wildman–Crippen MR) is 126 cm³/mol. The Morgan fingerprint density at radius 1 is 1.16 bits per heavy atom. The molecule has 1 saturated carbocycles. The minimum atomic E-state index is -4.99. The van der Waals surface area contributed by atoms with Gasteiger partial charge in [0.05, 0.1) is 15.8 Å². The summed E-state index contributed by atoms with van der Waals surface area (Å²) >= 11 is 11.4. The van der Waals surface area contributed by atoms with E-state index in [1.165, 1.54) is 25.1 Å². The number of alkyl halides is 3. The third kappa shape index (κ3) is 5.02. The number of rotatable bonds is 6. The molecule has 14 heteroatoms. The maximum atomic E-state index is 14.2. The zero-order valence-corrected chi connectivity index (χ0v) is 20.9. The number of nitrogens with one attached hydrogen (secondary N) is 1. The van der Waals surface area contributed by atoms with Gasteiger partial charge in [-0.1, -0.05) is 34.4 Å². The van der Waals surface area contributed by atoms with Crippen LogP contribution in [0.3, 0.4) is 0 Å². The van der Waals surface area contributed by atoms with Crippen molar-refractivity contribution in [2.24, 2.45) is 10.6 Å². The maximum Gasteiger partial charge on any atom is 0.435 e. The van der Waals surface area contributed by atoms with Crippen LogP contribution in [0.5, 0.6) is 0 Å². The Morgan fingerprint density at radius 2 is 1.79 bits per heavy atom. The lowest BCUT2D eigenvalue weighted by atomic mass is 9.86. The minimum Gasteiger partial charge on any atom is -0.481 e. The van der Waals surface area contributed by atoms with E-state index in [2.05, 4.69) is 5.16 Å². The first kappa shape index (κ1) is 27.6. The van der Waals surface area contributed by atoms with E-state index in [-0.39, 0.29) is 29.0 Å². The van der Waals surface area contributed by atoms with E-state index in [4.69, 9.17) is 37.9 Å². The highest BCUT2D eigenvalue weighted by Crippen LogP contribution is 2.50. The quantitative estimate of drug-likeness (QED) is 0.334. The van der Waals surface area contributed by atoms with Crippen molar-refractivity contribution in [1.82, 2.24) is 5.32 Å². The number of aryl methyl sites for hydroxylation is 1. The van der Waals surface area contributed by atoms with E-state index in [1.54, 1.807) is 0 Å². The van der Waals surface area contributed by atoms with Crippen LogP contribution in [0.4, 0.5) is 22.4 Å². The summed E-state index contributed by atoms with van der Waals surface area (Å²) in [6, 6.07) is 5.51. The van der Waals surface area contributed by atoms with Crippen molar-refractivity contribution in [3.63, 3.8) is 0 Å². The number of carbonyl (C=O) groups is 3. The minimum absolute atomic E-state index is 0.0174. The molecule has 8 nitrogen and oxygen atoms in total. The monoisotopic (exact) mass is 576 g/mol. The number of carboxylic acid groups (broad SMARTS) is 1. The van der Waals surface area contributed by atoms with Crippen molar-refractivity contribution in [2.75, 3.05) is 6.61 Å². The lowest BCUT2D eigenvalue weighted by molar-refractivity contribution is -0.275. The third-order valence-electron chi connectivity index (χ3n) is 6.44. The number of benzene rings is 2. The maximum absolute atomic E-state index is 14.2. The van der Waals surface area contributed by atoms with E-state index in [0.29, 0.717) is 12.8 Å². The number of imide groups is 1. The smallest absolute Gasteiger partial charge is 0.435 e. The number of aliphatic carboxylic acids is 1. The van der Waals surface area contributed by atoms with Crippen LogP contribution in [0, 0.1) is 18.2 Å². The summed E-state index contributed by atoms with van der Waals surface area (Å²) in [6.07, 6.45) is -6.20. The van der Waals surface area contributed by atoms with Crippen LogP contribution in [0.15, 0.2) is 35.5 Å². The summed E-state index contributed by atoms with van der Waals surface area (Å²) in [6.45, 7) is 1.10. The molecule has 0 bridgehead atoms. The molecule has 2 amide bonds. The van der Waals surface area contributed by atoms with Crippen LogP contribution < -0.4 is 5.32 Å². The number of carbonyl (C=O) groups excluding carboxylic acids is 2. The summed E-state index contributed by atoms with van der Waals surface area (Å²) in [5.74, 6) is -3.03. The second-order valence-corrected chi connectivity index (χ2v) is 9.84. The van der Waals surface area contributed by atoms with Gasteiger partial charge in [-0.3, -0.25) is 14.9 Å². The number of amides is 2. The fourth-order valence-electron chi connectivity index (χ4n) is 3.92. The van der Waals surface area contributed by atoms with Gasteiger partial charge >= 0.3 is 18.2 Å². The molecule has 0 aromatic heterocycles. The zero-order chi connectivity index (χ0) is 28.0. The molecule has 202 valence electrons. The van der Waals surface area contributed by atoms with Gasteiger partial charge in [-0.05, 0) is 55.2 Å². The van der Waals surface area contributed by atoms with Crippen molar-refractivity contribution < 1.29 is 46.6 Å². The van der Waals surface area contributed by atoms with Gasteiger partial charge in [0.2, 0.25) is 0 Å². The summed E-state index contributed by atoms with van der Waals surface area (Å²) in [5.41, 5.74) is -4.26. The summed E-state index contributed by atoms with van der Waals surface area (Å²) < 4.78 is 61.3. The second-order valence-electron chi connectivity index (χ2n) is 9.03. The molecule has 0 saturated heterocycles. The molecule has 1 aliphatic heterocycles. The molecule has 1 atom stereocenters. The van der Waals surface area contributed by atoms with Crippen LogP contribution in [-0.4, -0.2) is 41.6 Å². The average Bonchev–Trinajstić information content (AvgIpc) is 3.49. The van der Waals surface area contributed by atoms with Gasteiger partial charge in [-0.25, -0.2) is 9.18 Å². The molecule has 2 aromatic carbocycles. The number of carboxylic acids is 1. The van der Waals surface area contributed by atoms with Gasteiger partial charge in [0.15, 0.2) is 5.82 Å².